The Kier molecular flexibility index (Phi) is 8.56. The number of anilines is 2. The maximum absolute atomic E-state index is 13.7. The molecule has 1 aromatic carbocycles. The molecule has 1 saturated heterocycles. The van der Waals surface area contributed by atoms with Crippen molar-refractivity contribution in [3.05, 3.63) is 45.8 Å². The van der Waals surface area contributed by atoms with Gasteiger partial charge < -0.3 is 10.6 Å². The summed E-state index contributed by atoms with van der Waals surface area (Å²) >= 11 is 1.62. The van der Waals surface area contributed by atoms with Gasteiger partial charge in [0.25, 0.3) is 5.91 Å². The number of rotatable bonds is 7. The molecule has 2 amide bonds. The molecule has 0 radical (unpaired) electrons. The number of hydrogen-bond acceptors (Lipinski definition) is 4. The number of nitrogens with one attached hydrogen (secondary N) is 2. The van der Waals surface area contributed by atoms with Crippen LogP contribution < -0.4 is 10.6 Å². The Bertz CT molecular complexity index is 1080. The maximum Gasteiger partial charge on any atom is 0.258 e. The van der Waals surface area contributed by atoms with Gasteiger partial charge in [0.2, 0.25) is 5.91 Å². The number of likely N-dealkylation sites (tertiary alicyclic amines) is 1. The van der Waals surface area contributed by atoms with E-state index in [-0.39, 0.29) is 17.2 Å². The van der Waals surface area contributed by atoms with Gasteiger partial charge in [-0.15, -0.1) is 11.3 Å². The second kappa shape index (κ2) is 11.5. The fourth-order valence-corrected chi connectivity index (χ4v) is 7.21. The van der Waals surface area contributed by atoms with Crippen LogP contribution in [0.4, 0.5) is 10.7 Å². The van der Waals surface area contributed by atoms with Crippen molar-refractivity contribution in [1.82, 2.24) is 4.90 Å². The zero-order chi connectivity index (χ0) is 25.9. The summed E-state index contributed by atoms with van der Waals surface area (Å²) in [6, 6.07) is 8.45. The lowest BCUT2D eigenvalue weighted by Crippen LogP contribution is -2.43. The molecule has 196 valence electrons. The molecule has 0 saturated carbocycles. The van der Waals surface area contributed by atoms with Gasteiger partial charge in [-0.3, -0.25) is 14.5 Å². The molecule has 4 rings (SSSR count). The lowest BCUT2D eigenvalue weighted by molar-refractivity contribution is -0.118. The Balaban J connectivity index is 1.61. The van der Waals surface area contributed by atoms with Crippen molar-refractivity contribution in [3.8, 4) is 0 Å². The van der Waals surface area contributed by atoms with Crippen LogP contribution in [-0.4, -0.2) is 35.8 Å². The third kappa shape index (κ3) is 6.03. The molecule has 5 nitrogen and oxygen atoms in total. The monoisotopic (exact) mass is 509 g/mol. The summed E-state index contributed by atoms with van der Waals surface area (Å²) in [5.74, 6) is 0.453. The molecule has 0 bridgehead atoms. The van der Waals surface area contributed by atoms with Crippen LogP contribution in [0.5, 0.6) is 0 Å². The molecule has 1 aliphatic heterocycles. The van der Waals surface area contributed by atoms with Gasteiger partial charge in [0.15, 0.2) is 0 Å². The molecule has 1 fully saturated rings. The maximum atomic E-state index is 13.7. The zero-order valence-electron chi connectivity index (χ0n) is 22.7. The third-order valence-electron chi connectivity index (χ3n) is 8.18. The first-order chi connectivity index (χ1) is 17.2. The molecule has 2 unspecified atom stereocenters. The van der Waals surface area contributed by atoms with E-state index in [1.807, 2.05) is 18.2 Å². The second-order valence-electron chi connectivity index (χ2n) is 11.6. The summed E-state index contributed by atoms with van der Waals surface area (Å²) in [7, 11) is 0. The van der Waals surface area contributed by atoms with E-state index in [1.165, 1.54) is 11.3 Å². The van der Waals surface area contributed by atoms with Crippen LogP contribution in [0.15, 0.2) is 24.3 Å². The molecule has 2 N–H and O–H groups in total. The van der Waals surface area contributed by atoms with E-state index in [9.17, 15) is 9.59 Å². The smallest absolute Gasteiger partial charge is 0.258 e. The Morgan fingerprint density at radius 2 is 1.86 bits per heavy atom. The number of hydrogen-bond donors (Lipinski definition) is 2. The Labute approximate surface area is 221 Å². The number of piperidine rings is 1. The summed E-state index contributed by atoms with van der Waals surface area (Å²) in [4.78, 5) is 30.5. The highest BCUT2D eigenvalue weighted by molar-refractivity contribution is 7.17. The normalized spacial score (nSPS) is 20.6. The van der Waals surface area contributed by atoms with Gasteiger partial charge in [0, 0.05) is 16.6 Å². The number of fused-ring (bicyclic) bond motifs is 1. The number of aryl methyl sites for hydroxylation is 1. The van der Waals surface area contributed by atoms with Crippen LogP contribution in [0.1, 0.15) is 93.1 Å². The van der Waals surface area contributed by atoms with Crippen molar-refractivity contribution in [1.29, 1.82) is 0 Å². The van der Waals surface area contributed by atoms with E-state index < -0.39 is 0 Å². The van der Waals surface area contributed by atoms with Crippen molar-refractivity contribution >= 4 is 33.8 Å². The highest BCUT2D eigenvalue weighted by Gasteiger charge is 2.34. The van der Waals surface area contributed by atoms with E-state index in [2.05, 4.69) is 56.2 Å². The number of carbonyl (C=O) groups excluding carboxylic acids is 2. The van der Waals surface area contributed by atoms with E-state index in [0.717, 1.165) is 73.3 Å². The second-order valence-corrected chi connectivity index (χ2v) is 12.7. The molecule has 1 aliphatic carbocycles. The molecule has 2 atom stereocenters. The van der Waals surface area contributed by atoms with Crippen LogP contribution in [-0.2, 0) is 24.1 Å². The highest BCUT2D eigenvalue weighted by atomic mass is 32.1. The minimum absolute atomic E-state index is 0.00988. The van der Waals surface area contributed by atoms with E-state index in [1.54, 1.807) is 11.3 Å². The lowest BCUT2D eigenvalue weighted by atomic mass is 9.72. The molecule has 36 heavy (non-hydrogen) atoms. The van der Waals surface area contributed by atoms with Gasteiger partial charge in [-0.1, -0.05) is 59.2 Å². The predicted molar refractivity (Wildman–Crippen MR) is 151 cm³/mol. The van der Waals surface area contributed by atoms with E-state index in [4.69, 9.17) is 0 Å². The molecule has 0 spiro atoms. The van der Waals surface area contributed by atoms with E-state index in [0.29, 0.717) is 24.1 Å². The molecule has 2 heterocycles. The molecule has 6 heteroatoms. The first-order valence-corrected chi connectivity index (χ1v) is 14.6. The van der Waals surface area contributed by atoms with Gasteiger partial charge in [-0.05, 0) is 80.0 Å². The van der Waals surface area contributed by atoms with Crippen LogP contribution in [0, 0.1) is 11.3 Å². The summed E-state index contributed by atoms with van der Waals surface area (Å²) in [6.45, 7) is 12.6. The SMILES string of the molecule is CCc1ccccc1NC(=O)c1c(NC(=O)CN2CCCCC2CC)sc2c1CCC(C(C)(C)C)C2. The van der Waals surface area contributed by atoms with Gasteiger partial charge in [-0.2, -0.15) is 0 Å². The molecule has 2 aromatic rings. The summed E-state index contributed by atoms with van der Waals surface area (Å²) in [6.07, 6.45) is 8.39. The Morgan fingerprint density at radius 1 is 1.08 bits per heavy atom. The minimum atomic E-state index is -0.109. The quantitative estimate of drug-likeness (QED) is 0.426. The third-order valence-corrected chi connectivity index (χ3v) is 9.35. The average Bonchev–Trinajstić information content (AvgIpc) is 3.21. The van der Waals surface area contributed by atoms with E-state index >= 15 is 0 Å². The number of carbonyl (C=O) groups is 2. The number of benzene rings is 1. The first kappa shape index (κ1) is 26.9. The van der Waals surface area contributed by atoms with Crippen LogP contribution in [0.2, 0.25) is 0 Å². The first-order valence-electron chi connectivity index (χ1n) is 13.8. The number of amides is 2. The van der Waals surface area contributed by atoms with Gasteiger partial charge in [0.1, 0.15) is 5.00 Å². The molecular weight excluding hydrogens is 466 g/mol. The van der Waals surface area contributed by atoms with Crippen molar-refractivity contribution < 1.29 is 9.59 Å². The number of nitrogens with zero attached hydrogens (tertiary/aromatic N) is 1. The van der Waals surface area contributed by atoms with Gasteiger partial charge >= 0.3 is 0 Å². The van der Waals surface area contributed by atoms with Crippen molar-refractivity contribution in [2.75, 3.05) is 23.7 Å². The van der Waals surface area contributed by atoms with Crippen molar-refractivity contribution in [3.63, 3.8) is 0 Å². The van der Waals surface area contributed by atoms with Crippen LogP contribution in [0.25, 0.3) is 0 Å². The van der Waals surface area contributed by atoms with Crippen molar-refractivity contribution in [2.45, 2.75) is 92.0 Å². The minimum Gasteiger partial charge on any atom is -0.322 e. The number of para-hydroxylation sites is 1. The number of thiophene rings is 1. The molecule has 2 aliphatic rings. The predicted octanol–water partition coefficient (Wildman–Crippen LogP) is 6.92. The van der Waals surface area contributed by atoms with Gasteiger partial charge in [0.05, 0.1) is 12.1 Å². The molecular formula is C30H43N3O2S. The lowest BCUT2D eigenvalue weighted by Gasteiger charge is -2.34. The summed E-state index contributed by atoms with van der Waals surface area (Å²) in [5, 5.41) is 7.08. The van der Waals surface area contributed by atoms with Gasteiger partial charge in [-0.25, -0.2) is 0 Å². The Morgan fingerprint density at radius 3 is 2.58 bits per heavy atom. The average molecular weight is 510 g/mol. The zero-order valence-corrected chi connectivity index (χ0v) is 23.5. The fraction of sp³-hybridized carbons (Fsp3) is 0.600. The Hall–Kier alpha value is -2.18. The fourth-order valence-electron chi connectivity index (χ4n) is 5.87. The topological polar surface area (TPSA) is 61.4 Å². The standard InChI is InChI=1S/C30H43N3O2S/c1-6-20-12-8-9-14-24(20)31-28(35)27-23-16-15-21(30(3,4)5)18-25(23)36-29(27)32-26(34)19-33-17-11-10-13-22(33)7-2/h8-9,12,14,21-22H,6-7,10-11,13,15-19H2,1-5H3,(H,31,35)(H,32,34). The summed E-state index contributed by atoms with van der Waals surface area (Å²) in [5.41, 5.74) is 3.99. The van der Waals surface area contributed by atoms with Crippen LogP contribution >= 0.6 is 11.3 Å². The molecule has 1 aromatic heterocycles. The largest absolute Gasteiger partial charge is 0.322 e. The highest BCUT2D eigenvalue weighted by Crippen LogP contribution is 2.44. The summed E-state index contributed by atoms with van der Waals surface area (Å²) < 4.78 is 0. The van der Waals surface area contributed by atoms with Crippen LogP contribution in [0.3, 0.4) is 0 Å². The van der Waals surface area contributed by atoms with Crippen molar-refractivity contribution in [2.24, 2.45) is 11.3 Å².